The predicted molar refractivity (Wildman–Crippen MR) is 145 cm³/mol. The first-order valence-electron chi connectivity index (χ1n) is 12.5. The Morgan fingerprint density at radius 2 is 1.85 bits per heavy atom. The molecule has 39 heavy (non-hydrogen) atoms. The third kappa shape index (κ3) is 7.94. The number of nitrogens with one attached hydrogen (secondary N) is 3. The number of aromatic amines is 1. The van der Waals surface area contributed by atoms with E-state index in [0.29, 0.717) is 23.0 Å². The molecule has 0 aliphatic heterocycles. The number of aliphatic hydroxyl groups is 1. The van der Waals surface area contributed by atoms with Crippen molar-refractivity contribution in [2.45, 2.75) is 50.5 Å². The molecule has 1 amide bonds. The van der Waals surface area contributed by atoms with E-state index in [1.165, 1.54) is 28.3 Å². The van der Waals surface area contributed by atoms with Crippen molar-refractivity contribution in [3.05, 3.63) is 92.9 Å². The first kappa shape index (κ1) is 28.4. The van der Waals surface area contributed by atoms with E-state index in [-0.39, 0.29) is 30.1 Å². The van der Waals surface area contributed by atoms with E-state index in [4.69, 9.17) is 0 Å². The smallest absolute Gasteiger partial charge is 0.274 e. The highest BCUT2D eigenvalue weighted by Crippen LogP contribution is 2.15. The van der Waals surface area contributed by atoms with E-state index in [2.05, 4.69) is 38.7 Å². The minimum atomic E-state index is -1.04. The van der Waals surface area contributed by atoms with Gasteiger partial charge in [-0.25, -0.2) is 13.8 Å². The molecule has 0 spiro atoms. The summed E-state index contributed by atoms with van der Waals surface area (Å²) in [5.74, 6) is -1.78. The molecular weight excluding hydrogens is 526 g/mol. The first-order chi connectivity index (χ1) is 18.7. The largest absolute Gasteiger partial charge is 0.390 e. The molecule has 4 aromatic rings. The molecule has 0 aliphatic carbocycles. The highest BCUT2D eigenvalue weighted by molar-refractivity contribution is 7.99. The van der Waals surface area contributed by atoms with Crippen LogP contribution in [0.5, 0.6) is 0 Å². The topological polar surface area (TPSA) is 124 Å². The molecule has 9 nitrogen and oxygen atoms in total. The second-order valence-corrected chi connectivity index (χ2v) is 10.2. The number of amides is 1. The van der Waals surface area contributed by atoms with Crippen LogP contribution in [-0.2, 0) is 24.2 Å². The number of aromatic nitrogens is 4. The van der Waals surface area contributed by atoms with Crippen LogP contribution in [0.25, 0.3) is 5.78 Å². The molecule has 2 aromatic heterocycles. The van der Waals surface area contributed by atoms with Crippen molar-refractivity contribution in [1.82, 2.24) is 30.2 Å². The lowest BCUT2D eigenvalue weighted by Gasteiger charge is -2.25. The molecule has 206 valence electrons. The zero-order valence-corrected chi connectivity index (χ0v) is 22.4. The number of rotatable bonds is 12. The average molecular weight is 557 g/mol. The Morgan fingerprint density at radius 3 is 2.59 bits per heavy atom. The lowest BCUT2D eigenvalue weighted by molar-refractivity contribution is -0.120. The third-order valence-electron chi connectivity index (χ3n) is 6.05. The lowest BCUT2D eigenvalue weighted by Crippen LogP contribution is -2.49. The van der Waals surface area contributed by atoms with Crippen molar-refractivity contribution >= 4 is 23.4 Å². The monoisotopic (exact) mass is 556 g/mol. The van der Waals surface area contributed by atoms with E-state index in [9.17, 15) is 23.5 Å². The number of nitrogens with zero attached hydrogens (tertiary/aromatic N) is 3. The van der Waals surface area contributed by atoms with Crippen molar-refractivity contribution in [3.63, 3.8) is 0 Å². The van der Waals surface area contributed by atoms with Gasteiger partial charge in [-0.05, 0) is 48.6 Å². The minimum Gasteiger partial charge on any atom is -0.390 e. The second-order valence-electron chi connectivity index (χ2n) is 9.22. The number of aliphatic hydroxyl groups excluding tert-OH is 1. The maximum Gasteiger partial charge on any atom is 0.274 e. The fourth-order valence-electron chi connectivity index (χ4n) is 4.15. The van der Waals surface area contributed by atoms with Crippen molar-refractivity contribution in [1.29, 1.82) is 0 Å². The summed E-state index contributed by atoms with van der Waals surface area (Å²) in [5.41, 5.74) is 2.77. The van der Waals surface area contributed by atoms with Gasteiger partial charge in [0.15, 0.2) is 5.16 Å². The van der Waals surface area contributed by atoms with Crippen LogP contribution < -0.4 is 16.2 Å². The van der Waals surface area contributed by atoms with Gasteiger partial charge >= 0.3 is 0 Å². The van der Waals surface area contributed by atoms with E-state index >= 15 is 0 Å². The minimum absolute atomic E-state index is 0.0164. The molecule has 2 atom stereocenters. The number of benzene rings is 2. The molecule has 0 bridgehead atoms. The Balaban J connectivity index is 1.40. The Morgan fingerprint density at radius 1 is 1.10 bits per heavy atom. The molecule has 2 aromatic carbocycles. The standard InChI is InChI=1S/C27H30F2N6O3S/c1-3-17-5-4-6-18(8-17)13-30-14-23(36)22(11-19-9-20(28)12-21(29)10-19)32-24(37)15-39-27-33-26-31-16(2)7-25(38)35(26)34-27/h4-10,12,22-23,30,36H,3,11,13-15H2,1-2H3,(H,32,37)(H,31,33,34)/t22-,23+/m1/s1. The van der Waals surface area contributed by atoms with Crippen LogP contribution >= 0.6 is 11.8 Å². The quantitative estimate of drug-likeness (QED) is 0.198. The number of thioether (sulfide) groups is 1. The van der Waals surface area contributed by atoms with Gasteiger partial charge in [0, 0.05) is 30.9 Å². The van der Waals surface area contributed by atoms with E-state index in [1.807, 2.05) is 18.2 Å². The summed E-state index contributed by atoms with van der Waals surface area (Å²) in [6.45, 7) is 4.41. The maximum atomic E-state index is 13.8. The summed E-state index contributed by atoms with van der Waals surface area (Å²) in [6, 6.07) is 11.7. The number of hydrogen-bond acceptors (Lipinski definition) is 7. The lowest BCUT2D eigenvalue weighted by atomic mass is 10.0. The van der Waals surface area contributed by atoms with Gasteiger partial charge in [0.25, 0.3) is 11.3 Å². The highest BCUT2D eigenvalue weighted by Gasteiger charge is 2.23. The number of carbonyl (C=O) groups is 1. The van der Waals surface area contributed by atoms with Crippen LogP contribution in [0.4, 0.5) is 8.78 Å². The molecule has 0 saturated carbocycles. The Labute approximate surface area is 228 Å². The van der Waals surface area contributed by atoms with E-state index < -0.39 is 29.7 Å². The molecular formula is C27H30F2N6O3S. The summed E-state index contributed by atoms with van der Waals surface area (Å²) < 4.78 is 28.8. The molecule has 0 unspecified atom stereocenters. The first-order valence-corrected chi connectivity index (χ1v) is 13.5. The van der Waals surface area contributed by atoms with Crippen LogP contribution in [0, 0.1) is 18.6 Å². The van der Waals surface area contributed by atoms with E-state index in [1.54, 1.807) is 6.92 Å². The molecule has 2 heterocycles. The average Bonchev–Trinajstić information content (AvgIpc) is 3.30. The fraction of sp³-hybridized carbons (Fsp3) is 0.333. The SMILES string of the molecule is CCc1cccc(CNC[C@H](O)[C@@H](Cc2cc(F)cc(F)c2)NC(=O)CSc2nc3nc(C)cc(=O)n3[nH]2)c1. The fourth-order valence-corrected chi connectivity index (χ4v) is 4.81. The summed E-state index contributed by atoms with van der Waals surface area (Å²) >= 11 is 1.06. The molecule has 0 aliphatic rings. The van der Waals surface area contributed by atoms with Crippen LogP contribution in [0.3, 0.4) is 0 Å². The van der Waals surface area contributed by atoms with Gasteiger partial charge < -0.3 is 15.7 Å². The molecule has 0 saturated heterocycles. The third-order valence-corrected chi connectivity index (χ3v) is 6.91. The number of hydrogen-bond donors (Lipinski definition) is 4. The molecule has 0 radical (unpaired) electrons. The normalized spacial score (nSPS) is 12.9. The van der Waals surface area contributed by atoms with Gasteiger partial charge in [-0.15, -0.1) is 0 Å². The number of H-pyrrole nitrogens is 1. The summed E-state index contributed by atoms with van der Waals surface area (Å²) in [7, 11) is 0. The summed E-state index contributed by atoms with van der Waals surface area (Å²) in [5, 5.41) is 20.0. The van der Waals surface area contributed by atoms with Crippen molar-refractivity contribution in [2.24, 2.45) is 0 Å². The molecule has 12 heteroatoms. The molecule has 4 N–H and O–H groups in total. The number of fused-ring (bicyclic) bond motifs is 1. The zero-order valence-electron chi connectivity index (χ0n) is 21.6. The zero-order chi connectivity index (χ0) is 27.9. The summed E-state index contributed by atoms with van der Waals surface area (Å²) in [6.07, 6.45) is -0.118. The van der Waals surface area contributed by atoms with Crippen molar-refractivity contribution < 1.29 is 18.7 Å². The summed E-state index contributed by atoms with van der Waals surface area (Å²) in [4.78, 5) is 33.3. The maximum absolute atomic E-state index is 13.8. The van der Waals surface area contributed by atoms with Gasteiger partial charge in [0.1, 0.15) is 11.6 Å². The van der Waals surface area contributed by atoms with Crippen LogP contribution in [-0.4, -0.2) is 55.0 Å². The van der Waals surface area contributed by atoms with Gasteiger partial charge in [0.2, 0.25) is 5.91 Å². The van der Waals surface area contributed by atoms with E-state index in [0.717, 1.165) is 29.8 Å². The molecule has 4 rings (SSSR count). The van der Waals surface area contributed by atoms with Crippen molar-refractivity contribution in [2.75, 3.05) is 12.3 Å². The van der Waals surface area contributed by atoms with Gasteiger partial charge in [-0.2, -0.15) is 9.50 Å². The van der Waals surface area contributed by atoms with Crippen LogP contribution in [0.2, 0.25) is 0 Å². The predicted octanol–water partition coefficient (Wildman–Crippen LogP) is 2.54. The Kier molecular flexibility index (Phi) is 9.44. The number of halogens is 2. The Bertz CT molecular complexity index is 1490. The van der Waals surface area contributed by atoms with Crippen LogP contribution in [0.15, 0.2) is 58.5 Å². The Hall–Kier alpha value is -3.61. The highest BCUT2D eigenvalue weighted by atomic mass is 32.2. The van der Waals surface area contributed by atoms with Gasteiger partial charge in [-0.3, -0.25) is 14.7 Å². The van der Waals surface area contributed by atoms with Crippen LogP contribution in [0.1, 0.15) is 29.3 Å². The number of carbonyl (C=O) groups excluding carboxylic acids is 1. The van der Waals surface area contributed by atoms with Gasteiger partial charge in [-0.1, -0.05) is 43.0 Å². The van der Waals surface area contributed by atoms with Gasteiger partial charge in [0.05, 0.1) is 17.9 Å². The van der Waals surface area contributed by atoms with Crippen molar-refractivity contribution in [3.8, 4) is 0 Å². The second kappa shape index (κ2) is 13.0. The number of aryl methyl sites for hydroxylation is 2. The molecule has 0 fully saturated rings.